The van der Waals surface area contributed by atoms with Crippen LogP contribution in [0.3, 0.4) is 0 Å². The van der Waals surface area contributed by atoms with E-state index in [1.54, 1.807) is 6.07 Å². The molecule has 4 heteroatoms. The molecule has 0 fully saturated rings. The molecule has 17 heavy (non-hydrogen) atoms. The smallest absolute Gasteiger partial charge is 0.123 e. The Morgan fingerprint density at radius 3 is 2.59 bits per heavy atom. The van der Waals surface area contributed by atoms with E-state index in [1.807, 2.05) is 0 Å². The molecule has 2 nitrogen and oxygen atoms in total. The van der Waals surface area contributed by atoms with Gasteiger partial charge in [-0.15, -0.1) is 0 Å². The van der Waals surface area contributed by atoms with Crippen LogP contribution in [0.4, 0.5) is 4.39 Å². The van der Waals surface area contributed by atoms with Gasteiger partial charge in [-0.3, -0.25) is 4.90 Å². The molecule has 1 aromatic rings. The van der Waals surface area contributed by atoms with Gasteiger partial charge in [0.15, 0.2) is 0 Å². The largest absolute Gasteiger partial charge is 0.389 e. The minimum atomic E-state index is -0.302. The Hall–Kier alpha value is -1.00. The third-order valence-electron chi connectivity index (χ3n) is 2.85. The van der Waals surface area contributed by atoms with Crippen LogP contribution in [0.2, 0.25) is 0 Å². The molecule has 0 radical (unpaired) electrons. The average molecular weight is 254 g/mol. The lowest BCUT2D eigenvalue weighted by Gasteiger charge is -2.25. The number of nitrogens with two attached hydrogens (primary N) is 1. The number of halogens is 1. The SMILES string of the molecule is CCN(Cc1ccc(F)cc1C(N)=S)C(C)C. The Bertz CT molecular complexity index is 404. The first kappa shape index (κ1) is 14.1. The number of rotatable bonds is 5. The van der Waals surface area contributed by atoms with Gasteiger partial charge in [0.05, 0.1) is 0 Å². The third kappa shape index (κ3) is 3.75. The van der Waals surface area contributed by atoms with Gasteiger partial charge in [0, 0.05) is 18.2 Å². The Morgan fingerprint density at radius 2 is 2.12 bits per heavy atom. The van der Waals surface area contributed by atoms with Gasteiger partial charge in [0.25, 0.3) is 0 Å². The van der Waals surface area contributed by atoms with Crippen molar-refractivity contribution in [3.63, 3.8) is 0 Å². The number of benzene rings is 1. The summed E-state index contributed by atoms with van der Waals surface area (Å²) < 4.78 is 13.2. The first-order valence-corrected chi connectivity index (χ1v) is 6.18. The highest BCUT2D eigenvalue weighted by atomic mass is 32.1. The maximum Gasteiger partial charge on any atom is 0.123 e. The van der Waals surface area contributed by atoms with E-state index in [1.165, 1.54) is 12.1 Å². The van der Waals surface area contributed by atoms with Crippen LogP contribution < -0.4 is 5.73 Å². The second kappa shape index (κ2) is 6.07. The highest BCUT2D eigenvalue weighted by Crippen LogP contribution is 2.15. The molecular formula is C13H19FN2S. The summed E-state index contributed by atoms with van der Waals surface area (Å²) in [4.78, 5) is 2.52. The van der Waals surface area contributed by atoms with E-state index in [4.69, 9.17) is 18.0 Å². The predicted octanol–water partition coefficient (Wildman–Crippen LogP) is 2.69. The lowest BCUT2D eigenvalue weighted by atomic mass is 10.1. The van der Waals surface area contributed by atoms with Crippen LogP contribution in [0.15, 0.2) is 18.2 Å². The monoisotopic (exact) mass is 254 g/mol. The van der Waals surface area contributed by atoms with Crippen LogP contribution in [0, 0.1) is 5.82 Å². The number of hydrogen-bond donors (Lipinski definition) is 1. The van der Waals surface area contributed by atoms with Crippen LogP contribution in [-0.2, 0) is 6.54 Å². The minimum Gasteiger partial charge on any atom is -0.389 e. The quantitative estimate of drug-likeness (QED) is 0.819. The van der Waals surface area contributed by atoms with E-state index in [9.17, 15) is 4.39 Å². The summed E-state index contributed by atoms with van der Waals surface area (Å²) in [5.41, 5.74) is 7.24. The molecule has 0 heterocycles. The zero-order valence-electron chi connectivity index (χ0n) is 10.5. The Balaban J connectivity index is 3.01. The summed E-state index contributed by atoms with van der Waals surface area (Å²) in [6, 6.07) is 5.05. The van der Waals surface area contributed by atoms with Crippen LogP contribution in [-0.4, -0.2) is 22.5 Å². The number of nitrogens with zero attached hydrogens (tertiary/aromatic N) is 1. The van der Waals surface area contributed by atoms with E-state index in [0.29, 0.717) is 11.6 Å². The van der Waals surface area contributed by atoms with E-state index >= 15 is 0 Å². The van der Waals surface area contributed by atoms with Gasteiger partial charge in [-0.25, -0.2) is 4.39 Å². The maximum atomic E-state index is 13.2. The molecule has 0 aliphatic carbocycles. The normalized spacial score (nSPS) is 11.2. The molecule has 0 aliphatic heterocycles. The highest BCUT2D eigenvalue weighted by Gasteiger charge is 2.12. The van der Waals surface area contributed by atoms with Gasteiger partial charge in [0.2, 0.25) is 0 Å². The molecule has 0 saturated carbocycles. The molecule has 0 aliphatic rings. The predicted molar refractivity (Wildman–Crippen MR) is 73.5 cm³/mol. The topological polar surface area (TPSA) is 29.3 Å². The van der Waals surface area contributed by atoms with Crippen LogP contribution in [0.25, 0.3) is 0 Å². The third-order valence-corrected chi connectivity index (χ3v) is 3.07. The molecule has 1 rings (SSSR count). The second-order valence-corrected chi connectivity index (χ2v) is 4.76. The van der Waals surface area contributed by atoms with Gasteiger partial charge in [-0.1, -0.05) is 25.2 Å². The molecule has 1 aromatic carbocycles. The van der Waals surface area contributed by atoms with E-state index in [0.717, 1.165) is 18.7 Å². The van der Waals surface area contributed by atoms with Crippen molar-refractivity contribution in [1.82, 2.24) is 4.90 Å². The zero-order valence-corrected chi connectivity index (χ0v) is 11.4. The summed E-state index contributed by atoms with van der Waals surface area (Å²) in [6.07, 6.45) is 0. The van der Waals surface area contributed by atoms with Gasteiger partial charge in [-0.05, 0) is 38.1 Å². The van der Waals surface area contributed by atoms with Crippen molar-refractivity contribution in [3.05, 3.63) is 35.1 Å². The van der Waals surface area contributed by atoms with Gasteiger partial charge in [-0.2, -0.15) is 0 Å². The van der Waals surface area contributed by atoms with Crippen LogP contribution in [0.5, 0.6) is 0 Å². The summed E-state index contributed by atoms with van der Waals surface area (Å²) in [6.45, 7) is 8.04. The van der Waals surface area contributed by atoms with Crippen molar-refractivity contribution >= 4 is 17.2 Å². The summed E-state index contributed by atoms with van der Waals surface area (Å²) in [7, 11) is 0. The second-order valence-electron chi connectivity index (χ2n) is 4.32. The van der Waals surface area contributed by atoms with Crippen molar-refractivity contribution < 1.29 is 4.39 Å². The Morgan fingerprint density at radius 1 is 1.47 bits per heavy atom. The molecule has 0 saturated heterocycles. The molecule has 2 N–H and O–H groups in total. The lowest BCUT2D eigenvalue weighted by molar-refractivity contribution is 0.225. The van der Waals surface area contributed by atoms with Crippen molar-refractivity contribution in [2.75, 3.05) is 6.54 Å². The van der Waals surface area contributed by atoms with Crippen LogP contribution in [0.1, 0.15) is 31.9 Å². The van der Waals surface area contributed by atoms with E-state index in [-0.39, 0.29) is 10.8 Å². The first-order valence-electron chi connectivity index (χ1n) is 5.78. The van der Waals surface area contributed by atoms with Gasteiger partial charge < -0.3 is 5.73 Å². The van der Waals surface area contributed by atoms with Gasteiger partial charge >= 0.3 is 0 Å². The fourth-order valence-corrected chi connectivity index (χ4v) is 1.98. The summed E-state index contributed by atoms with van der Waals surface area (Å²) in [5.74, 6) is -0.302. The molecule has 0 unspecified atom stereocenters. The molecule has 0 spiro atoms. The summed E-state index contributed by atoms with van der Waals surface area (Å²) in [5, 5.41) is 0. The Labute approximate surface area is 108 Å². The minimum absolute atomic E-state index is 0.249. The zero-order chi connectivity index (χ0) is 13.0. The fraction of sp³-hybridized carbons (Fsp3) is 0.462. The fourth-order valence-electron chi connectivity index (χ4n) is 1.79. The van der Waals surface area contributed by atoms with Crippen molar-refractivity contribution in [1.29, 1.82) is 0 Å². The summed E-state index contributed by atoms with van der Waals surface area (Å²) >= 11 is 4.96. The van der Waals surface area contributed by atoms with Crippen molar-refractivity contribution in [2.24, 2.45) is 5.73 Å². The number of thiocarbonyl (C=S) groups is 1. The lowest BCUT2D eigenvalue weighted by Crippen LogP contribution is -2.31. The molecule has 94 valence electrons. The molecule has 0 amide bonds. The van der Waals surface area contributed by atoms with Gasteiger partial charge in [0.1, 0.15) is 10.8 Å². The Kier molecular flexibility index (Phi) is 5.02. The molecule has 0 aromatic heterocycles. The van der Waals surface area contributed by atoms with Crippen LogP contribution >= 0.6 is 12.2 Å². The molecular weight excluding hydrogens is 235 g/mol. The van der Waals surface area contributed by atoms with E-state index in [2.05, 4.69) is 25.7 Å². The molecule has 0 atom stereocenters. The average Bonchev–Trinajstić information content (AvgIpc) is 2.26. The number of hydrogen-bond acceptors (Lipinski definition) is 2. The van der Waals surface area contributed by atoms with Crippen molar-refractivity contribution in [2.45, 2.75) is 33.4 Å². The highest BCUT2D eigenvalue weighted by molar-refractivity contribution is 7.80. The van der Waals surface area contributed by atoms with Crippen molar-refractivity contribution in [3.8, 4) is 0 Å². The van der Waals surface area contributed by atoms with E-state index < -0.39 is 0 Å². The molecule has 0 bridgehead atoms. The maximum absolute atomic E-state index is 13.2. The first-order chi connectivity index (χ1) is 7.95. The standard InChI is InChI=1S/C13H19FN2S/c1-4-16(9(2)3)8-10-5-6-11(14)7-12(10)13(15)17/h5-7,9H,4,8H2,1-3H3,(H2,15,17).